The molecule has 0 aliphatic carbocycles. The Labute approximate surface area is 119 Å². The lowest BCUT2D eigenvalue weighted by atomic mass is 10.1. The van der Waals surface area contributed by atoms with Gasteiger partial charge >= 0.3 is 0 Å². The lowest BCUT2D eigenvalue weighted by Gasteiger charge is -2.19. The van der Waals surface area contributed by atoms with Crippen LogP contribution in [0.2, 0.25) is 5.02 Å². The van der Waals surface area contributed by atoms with E-state index in [1.54, 1.807) is 0 Å². The normalized spacial score (nSPS) is 12.2. The van der Waals surface area contributed by atoms with Crippen molar-refractivity contribution in [2.24, 2.45) is 5.73 Å². The van der Waals surface area contributed by atoms with Gasteiger partial charge in [-0.1, -0.05) is 35.9 Å². The van der Waals surface area contributed by atoms with Gasteiger partial charge in [-0.15, -0.1) is 0 Å². The zero-order valence-corrected chi connectivity index (χ0v) is 11.9. The van der Waals surface area contributed by atoms with Crippen LogP contribution in [0.15, 0.2) is 42.5 Å². The topological polar surface area (TPSA) is 35.2 Å². The number of halogens is 1. The molecule has 0 saturated carbocycles. The first-order valence-electron chi connectivity index (χ1n) is 6.29. The Bertz CT molecular complexity index is 548. The molecule has 2 aromatic carbocycles. The minimum atomic E-state index is -0.227. The van der Waals surface area contributed by atoms with E-state index in [1.807, 2.05) is 50.2 Å². The Balaban J connectivity index is 2.26. The Morgan fingerprint density at radius 1 is 1.11 bits per heavy atom. The molecule has 2 aromatic rings. The van der Waals surface area contributed by atoms with Crippen LogP contribution >= 0.6 is 11.6 Å². The molecule has 2 rings (SSSR count). The molecule has 0 aromatic heterocycles. The molecule has 3 heteroatoms. The second-order valence-corrected chi connectivity index (χ2v) is 5.09. The molecule has 0 bridgehead atoms. The fraction of sp³-hybridized carbons (Fsp3) is 0.250. The van der Waals surface area contributed by atoms with Gasteiger partial charge < -0.3 is 10.5 Å². The molecule has 2 nitrogen and oxygen atoms in total. The van der Waals surface area contributed by atoms with Crippen molar-refractivity contribution in [3.63, 3.8) is 0 Å². The predicted octanol–water partition coefficient (Wildman–Crippen LogP) is 4.04. The van der Waals surface area contributed by atoms with Gasteiger partial charge in [-0.05, 0) is 43.2 Å². The fourth-order valence-corrected chi connectivity index (χ4v) is 2.40. The third kappa shape index (κ3) is 3.49. The summed E-state index contributed by atoms with van der Waals surface area (Å²) < 4.78 is 5.98. The van der Waals surface area contributed by atoms with Crippen LogP contribution in [0.25, 0.3) is 0 Å². The molecule has 0 amide bonds. The van der Waals surface area contributed by atoms with Crippen LogP contribution in [0.4, 0.5) is 0 Å². The van der Waals surface area contributed by atoms with E-state index >= 15 is 0 Å². The van der Waals surface area contributed by atoms with E-state index in [2.05, 4.69) is 6.07 Å². The summed E-state index contributed by atoms with van der Waals surface area (Å²) in [4.78, 5) is 0. The van der Waals surface area contributed by atoms with Gasteiger partial charge in [0.1, 0.15) is 11.9 Å². The SMILES string of the molecule is Cc1cc(C)cc(OC(CN)c2ccccc2Cl)c1. The summed E-state index contributed by atoms with van der Waals surface area (Å²) >= 11 is 6.19. The first-order chi connectivity index (χ1) is 9.10. The third-order valence-corrected chi connectivity index (χ3v) is 3.28. The van der Waals surface area contributed by atoms with Crippen LogP contribution in [-0.4, -0.2) is 6.54 Å². The van der Waals surface area contributed by atoms with E-state index in [1.165, 1.54) is 11.1 Å². The number of hydrogen-bond donors (Lipinski definition) is 1. The molecule has 0 radical (unpaired) electrons. The van der Waals surface area contributed by atoms with Crippen molar-refractivity contribution in [2.45, 2.75) is 20.0 Å². The van der Waals surface area contributed by atoms with Gasteiger partial charge in [-0.2, -0.15) is 0 Å². The summed E-state index contributed by atoms with van der Waals surface area (Å²) in [5.74, 6) is 0.827. The maximum absolute atomic E-state index is 6.19. The molecular formula is C16H18ClNO. The summed E-state index contributed by atoms with van der Waals surface area (Å²) in [6.07, 6.45) is -0.227. The molecule has 0 spiro atoms. The fourth-order valence-electron chi connectivity index (χ4n) is 2.14. The monoisotopic (exact) mass is 275 g/mol. The molecule has 0 aliphatic heterocycles. The molecule has 0 saturated heterocycles. The lowest BCUT2D eigenvalue weighted by molar-refractivity contribution is 0.214. The highest BCUT2D eigenvalue weighted by atomic mass is 35.5. The molecule has 1 atom stereocenters. The Morgan fingerprint density at radius 3 is 2.32 bits per heavy atom. The smallest absolute Gasteiger partial charge is 0.137 e. The predicted molar refractivity (Wildman–Crippen MR) is 79.8 cm³/mol. The van der Waals surface area contributed by atoms with Crippen LogP contribution in [-0.2, 0) is 0 Å². The zero-order chi connectivity index (χ0) is 13.8. The lowest BCUT2D eigenvalue weighted by Crippen LogP contribution is -2.18. The highest BCUT2D eigenvalue weighted by Crippen LogP contribution is 2.27. The second-order valence-electron chi connectivity index (χ2n) is 4.69. The van der Waals surface area contributed by atoms with E-state index in [-0.39, 0.29) is 6.10 Å². The van der Waals surface area contributed by atoms with Crippen molar-refractivity contribution in [1.82, 2.24) is 0 Å². The van der Waals surface area contributed by atoms with E-state index < -0.39 is 0 Å². The van der Waals surface area contributed by atoms with Crippen LogP contribution in [0.1, 0.15) is 22.8 Å². The average Bonchev–Trinajstić information content (AvgIpc) is 2.36. The van der Waals surface area contributed by atoms with Crippen LogP contribution in [0, 0.1) is 13.8 Å². The molecule has 100 valence electrons. The zero-order valence-electron chi connectivity index (χ0n) is 11.2. The first kappa shape index (κ1) is 13.9. The number of ether oxygens (including phenoxy) is 1. The number of nitrogens with two attached hydrogens (primary N) is 1. The van der Waals surface area contributed by atoms with Gasteiger partial charge in [0.2, 0.25) is 0 Å². The van der Waals surface area contributed by atoms with E-state index in [9.17, 15) is 0 Å². The Morgan fingerprint density at radius 2 is 1.74 bits per heavy atom. The molecule has 19 heavy (non-hydrogen) atoms. The van der Waals surface area contributed by atoms with Gasteiger partial charge in [-0.25, -0.2) is 0 Å². The number of aryl methyl sites for hydroxylation is 2. The maximum Gasteiger partial charge on any atom is 0.137 e. The summed E-state index contributed by atoms with van der Waals surface area (Å²) in [7, 11) is 0. The van der Waals surface area contributed by atoms with Gasteiger partial charge in [0.25, 0.3) is 0 Å². The van der Waals surface area contributed by atoms with Crippen LogP contribution in [0.5, 0.6) is 5.75 Å². The maximum atomic E-state index is 6.19. The average molecular weight is 276 g/mol. The van der Waals surface area contributed by atoms with Crippen LogP contribution < -0.4 is 10.5 Å². The summed E-state index contributed by atoms with van der Waals surface area (Å²) in [5.41, 5.74) is 9.08. The molecule has 0 aliphatic rings. The highest BCUT2D eigenvalue weighted by Gasteiger charge is 2.14. The van der Waals surface area contributed by atoms with Crippen molar-refractivity contribution in [1.29, 1.82) is 0 Å². The second kappa shape index (κ2) is 6.09. The minimum Gasteiger partial charge on any atom is -0.484 e. The van der Waals surface area contributed by atoms with Crippen molar-refractivity contribution in [3.05, 3.63) is 64.2 Å². The van der Waals surface area contributed by atoms with E-state index in [4.69, 9.17) is 22.1 Å². The summed E-state index contributed by atoms with van der Waals surface area (Å²) in [6, 6.07) is 13.8. The van der Waals surface area contributed by atoms with Crippen molar-refractivity contribution in [3.8, 4) is 5.75 Å². The number of hydrogen-bond acceptors (Lipinski definition) is 2. The van der Waals surface area contributed by atoms with Crippen molar-refractivity contribution < 1.29 is 4.74 Å². The van der Waals surface area contributed by atoms with Crippen molar-refractivity contribution >= 4 is 11.6 Å². The number of rotatable bonds is 4. The Kier molecular flexibility index (Phi) is 4.46. The largest absolute Gasteiger partial charge is 0.484 e. The van der Waals surface area contributed by atoms with Gasteiger partial charge in [0.05, 0.1) is 0 Å². The third-order valence-electron chi connectivity index (χ3n) is 2.94. The van der Waals surface area contributed by atoms with Gasteiger partial charge in [0.15, 0.2) is 0 Å². The molecule has 0 fully saturated rings. The summed E-state index contributed by atoms with van der Waals surface area (Å²) in [5, 5.41) is 0.683. The van der Waals surface area contributed by atoms with E-state index in [0.29, 0.717) is 11.6 Å². The first-order valence-corrected chi connectivity index (χ1v) is 6.67. The van der Waals surface area contributed by atoms with Crippen molar-refractivity contribution in [2.75, 3.05) is 6.54 Å². The minimum absolute atomic E-state index is 0.227. The standard InChI is InChI=1S/C16H18ClNO/c1-11-7-12(2)9-13(8-11)19-16(10-18)14-5-3-4-6-15(14)17/h3-9,16H,10,18H2,1-2H3. The molecule has 0 heterocycles. The Hall–Kier alpha value is -1.51. The molecule has 1 unspecified atom stereocenters. The van der Waals surface area contributed by atoms with Crippen LogP contribution in [0.3, 0.4) is 0 Å². The molecular weight excluding hydrogens is 258 g/mol. The highest BCUT2D eigenvalue weighted by molar-refractivity contribution is 6.31. The van der Waals surface area contributed by atoms with Gasteiger partial charge in [0, 0.05) is 17.1 Å². The van der Waals surface area contributed by atoms with E-state index in [0.717, 1.165) is 11.3 Å². The van der Waals surface area contributed by atoms with Gasteiger partial charge in [-0.3, -0.25) is 0 Å². The quantitative estimate of drug-likeness (QED) is 0.914. The molecule has 2 N–H and O–H groups in total. The summed E-state index contributed by atoms with van der Waals surface area (Å²) in [6.45, 7) is 4.48. The number of benzene rings is 2.